The number of nitrogens with two attached hydrogens (primary N) is 1. The van der Waals surface area contributed by atoms with Gasteiger partial charge in [0.25, 0.3) is 0 Å². The Morgan fingerprint density at radius 2 is 1.84 bits per heavy atom. The Kier molecular flexibility index (Phi) is 4.30. The summed E-state index contributed by atoms with van der Waals surface area (Å²) in [7, 11) is 0. The van der Waals surface area contributed by atoms with Crippen molar-refractivity contribution in [3.63, 3.8) is 0 Å². The molecule has 5 heteroatoms. The lowest BCUT2D eigenvalue weighted by atomic mass is 10.2. The molecule has 0 aliphatic rings. The zero-order valence-corrected chi connectivity index (χ0v) is 11.4. The highest BCUT2D eigenvalue weighted by atomic mass is 35.5. The first kappa shape index (κ1) is 13.7. The smallest absolute Gasteiger partial charge is 0.340 e. The first-order valence-electron chi connectivity index (χ1n) is 5.53. The minimum Gasteiger partial charge on any atom is -0.457 e. The standard InChI is InChI=1S/C14H11Cl2NO2/c15-12-7-10(17)6-11(13(12)16)14(18)19-8-9-4-2-1-3-5-9/h1-7H,8,17H2. The Labute approximate surface area is 120 Å². The molecule has 0 unspecified atom stereocenters. The summed E-state index contributed by atoms with van der Waals surface area (Å²) >= 11 is 11.8. The second kappa shape index (κ2) is 5.95. The van der Waals surface area contributed by atoms with Gasteiger partial charge in [0.05, 0.1) is 15.6 Å². The van der Waals surface area contributed by atoms with Crippen LogP contribution in [-0.4, -0.2) is 5.97 Å². The van der Waals surface area contributed by atoms with Gasteiger partial charge in [-0.1, -0.05) is 53.5 Å². The highest BCUT2D eigenvalue weighted by Crippen LogP contribution is 2.29. The molecule has 0 aliphatic heterocycles. The fourth-order valence-electron chi connectivity index (χ4n) is 1.56. The van der Waals surface area contributed by atoms with Gasteiger partial charge in [0.1, 0.15) is 6.61 Å². The predicted molar refractivity (Wildman–Crippen MR) is 76.4 cm³/mol. The number of carbonyl (C=O) groups excluding carboxylic acids is 1. The molecule has 0 saturated carbocycles. The Balaban J connectivity index is 2.13. The highest BCUT2D eigenvalue weighted by Gasteiger charge is 2.15. The van der Waals surface area contributed by atoms with Gasteiger partial charge < -0.3 is 10.5 Å². The average Bonchev–Trinajstić information content (AvgIpc) is 2.41. The van der Waals surface area contributed by atoms with E-state index >= 15 is 0 Å². The summed E-state index contributed by atoms with van der Waals surface area (Å²) in [5, 5.41) is 0.377. The van der Waals surface area contributed by atoms with E-state index in [1.165, 1.54) is 12.1 Å². The van der Waals surface area contributed by atoms with E-state index in [9.17, 15) is 4.79 Å². The van der Waals surface area contributed by atoms with Crippen LogP contribution in [0.25, 0.3) is 0 Å². The first-order chi connectivity index (χ1) is 9.08. The molecule has 0 heterocycles. The lowest BCUT2D eigenvalue weighted by Crippen LogP contribution is -2.07. The van der Waals surface area contributed by atoms with E-state index < -0.39 is 5.97 Å². The van der Waals surface area contributed by atoms with Crippen LogP contribution >= 0.6 is 23.2 Å². The summed E-state index contributed by atoms with van der Waals surface area (Å²) in [5.74, 6) is -0.553. The molecule has 0 bridgehead atoms. The second-order valence-corrected chi connectivity index (χ2v) is 4.71. The monoisotopic (exact) mass is 295 g/mol. The largest absolute Gasteiger partial charge is 0.457 e. The lowest BCUT2D eigenvalue weighted by molar-refractivity contribution is 0.0473. The SMILES string of the molecule is Nc1cc(Cl)c(Cl)c(C(=O)OCc2ccccc2)c1. The third kappa shape index (κ3) is 3.40. The van der Waals surface area contributed by atoms with E-state index in [1.807, 2.05) is 30.3 Å². The van der Waals surface area contributed by atoms with Crippen molar-refractivity contribution in [1.29, 1.82) is 0 Å². The van der Waals surface area contributed by atoms with Crippen LogP contribution in [0.15, 0.2) is 42.5 Å². The van der Waals surface area contributed by atoms with E-state index in [0.717, 1.165) is 5.56 Å². The molecule has 0 radical (unpaired) electrons. The van der Waals surface area contributed by atoms with Crippen LogP contribution in [0, 0.1) is 0 Å². The lowest BCUT2D eigenvalue weighted by Gasteiger charge is -2.08. The number of esters is 1. The van der Waals surface area contributed by atoms with E-state index in [2.05, 4.69) is 0 Å². The van der Waals surface area contributed by atoms with Crippen LogP contribution in [0.3, 0.4) is 0 Å². The molecule has 2 rings (SSSR count). The number of hydrogen-bond donors (Lipinski definition) is 1. The molecule has 0 aliphatic carbocycles. The molecular formula is C14H11Cl2NO2. The van der Waals surface area contributed by atoms with Crippen molar-refractivity contribution < 1.29 is 9.53 Å². The Bertz CT molecular complexity index is 600. The summed E-state index contributed by atoms with van der Waals surface area (Å²) in [4.78, 5) is 11.9. The molecule has 0 atom stereocenters. The number of halogens is 2. The van der Waals surface area contributed by atoms with Gasteiger partial charge in [-0.3, -0.25) is 0 Å². The molecule has 2 aromatic carbocycles. The normalized spacial score (nSPS) is 10.2. The van der Waals surface area contributed by atoms with Crippen LogP contribution in [0.5, 0.6) is 0 Å². The van der Waals surface area contributed by atoms with E-state index in [1.54, 1.807) is 0 Å². The predicted octanol–water partition coefficient (Wildman–Crippen LogP) is 3.93. The Morgan fingerprint density at radius 3 is 2.53 bits per heavy atom. The zero-order chi connectivity index (χ0) is 13.8. The Morgan fingerprint density at radius 1 is 1.16 bits per heavy atom. The van der Waals surface area contributed by atoms with Gasteiger partial charge in [0.2, 0.25) is 0 Å². The minimum atomic E-state index is -0.553. The molecule has 3 nitrogen and oxygen atoms in total. The van der Waals surface area contributed by atoms with Crippen molar-refractivity contribution >= 4 is 34.9 Å². The van der Waals surface area contributed by atoms with Gasteiger partial charge in [-0.15, -0.1) is 0 Å². The third-order valence-corrected chi connectivity index (χ3v) is 3.29. The molecule has 2 aromatic rings. The Hall–Kier alpha value is -1.71. The number of ether oxygens (including phenoxy) is 1. The number of nitrogen functional groups attached to an aromatic ring is 1. The number of benzene rings is 2. The van der Waals surface area contributed by atoms with Crippen molar-refractivity contribution in [2.45, 2.75) is 6.61 Å². The van der Waals surface area contributed by atoms with Crippen molar-refractivity contribution in [3.8, 4) is 0 Å². The third-order valence-electron chi connectivity index (χ3n) is 2.48. The average molecular weight is 296 g/mol. The fourth-order valence-corrected chi connectivity index (χ4v) is 1.97. The van der Waals surface area contributed by atoms with Crippen LogP contribution in [0.2, 0.25) is 10.0 Å². The van der Waals surface area contributed by atoms with Gasteiger partial charge in [-0.05, 0) is 17.7 Å². The van der Waals surface area contributed by atoms with Crippen LogP contribution in [0.1, 0.15) is 15.9 Å². The molecule has 0 amide bonds. The summed E-state index contributed by atoms with van der Waals surface area (Å²) in [6.07, 6.45) is 0. The van der Waals surface area contributed by atoms with Crippen molar-refractivity contribution in [1.82, 2.24) is 0 Å². The summed E-state index contributed by atoms with van der Waals surface area (Å²) in [5.41, 5.74) is 7.04. The van der Waals surface area contributed by atoms with Crippen molar-refractivity contribution in [2.75, 3.05) is 5.73 Å². The van der Waals surface area contributed by atoms with Gasteiger partial charge in [0, 0.05) is 5.69 Å². The molecule has 0 spiro atoms. The fraction of sp³-hybridized carbons (Fsp3) is 0.0714. The molecule has 0 aromatic heterocycles. The molecule has 2 N–H and O–H groups in total. The number of anilines is 1. The maximum absolute atomic E-state index is 11.9. The van der Waals surface area contributed by atoms with Crippen molar-refractivity contribution in [2.24, 2.45) is 0 Å². The summed E-state index contributed by atoms with van der Waals surface area (Å²) in [6.45, 7) is 0.169. The van der Waals surface area contributed by atoms with Gasteiger partial charge >= 0.3 is 5.97 Å². The molecular weight excluding hydrogens is 285 g/mol. The number of hydrogen-bond acceptors (Lipinski definition) is 3. The van der Waals surface area contributed by atoms with Gasteiger partial charge in [-0.2, -0.15) is 0 Å². The summed E-state index contributed by atoms with van der Waals surface area (Å²) in [6, 6.07) is 12.3. The number of rotatable bonds is 3. The molecule has 0 fully saturated rings. The van der Waals surface area contributed by atoms with Crippen LogP contribution < -0.4 is 5.73 Å². The van der Waals surface area contributed by atoms with Gasteiger partial charge in [0.15, 0.2) is 0 Å². The van der Waals surface area contributed by atoms with Gasteiger partial charge in [-0.25, -0.2) is 4.79 Å². The molecule has 0 saturated heterocycles. The van der Waals surface area contributed by atoms with E-state index in [-0.39, 0.29) is 22.2 Å². The molecule has 19 heavy (non-hydrogen) atoms. The van der Waals surface area contributed by atoms with E-state index in [4.69, 9.17) is 33.7 Å². The maximum Gasteiger partial charge on any atom is 0.340 e. The van der Waals surface area contributed by atoms with Crippen molar-refractivity contribution in [3.05, 3.63) is 63.6 Å². The van der Waals surface area contributed by atoms with Crippen LogP contribution in [-0.2, 0) is 11.3 Å². The summed E-state index contributed by atoms with van der Waals surface area (Å²) < 4.78 is 5.17. The zero-order valence-electron chi connectivity index (χ0n) is 9.90. The maximum atomic E-state index is 11.9. The topological polar surface area (TPSA) is 52.3 Å². The number of carbonyl (C=O) groups is 1. The quantitative estimate of drug-likeness (QED) is 0.689. The van der Waals surface area contributed by atoms with Crippen LogP contribution in [0.4, 0.5) is 5.69 Å². The minimum absolute atomic E-state index is 0.147. The molecule has 98 valence electrons. The van der Waals surface area contributed by atoms with E-state index in [0.29, 0.717) is 5.69 Å². The second-order valence-electron chi connectivity index (χ2n) is 3.93. The highest BCUT2D eigenvalue weighted by molar-refractivity contribution is 6.44. The first-order valence-corrected chi connectivity index (χ1v) is 6.29.